The van der Waals surface area contributed by atoms with Crippen LogP contribution in [0.25, 0.3) is 11.0 Å². The molecule has 2 aromatic carbocycles. The maximum atomic E-state index is 13.9. The van der Waals surface area contributed by atoms with E-state index in [9.17, 15) is 9.18 Å². The van der Waals surface area contributed by atoms with E-state index in [4.69, 9.17) is 4.42 Å². The summed E-state index contributed by atoms with van der Waals surface area (Å²) in [4.78, 5) is 12.6. The molecule has 1 aliphatic rings. The predicted molar refractivity (Wildman–Crippen MR) is 95.2 cm³/mol. The summed E-state index contributed by atoms with van der Waals surface area (Å²) in [6, 6.07) is 15.0. The third-order valence-corrected chi connectivity index (χ3v) is 5.41. The van der Waals surface area contributed by atoms with Crippen molar-refractivity contribution in [1.29, 1.82) is 0 Å². The van der Waals surface area contributed by atoms with Gasteiger partial charge in [-0.1, -0.05) is 48.9 Å². The fraction of sp³-hybridized carbons (Fsp3) is 0.286. The number of benzene rings is 2. The molecule has 0 bridgehead atoms. The summed E-state index contributed by atoms with van der Waals surface area (Å²) >= 11 is 0. The highest BCUT2D eigenvalue weighted by Crippen LogP contribution is 2.43. The molecule has 3 nitrogen and oxygen atoms in total. The van der Waals surface area contributed by atoms with Crippen molar-refractivity contribution in [2.24, 2.45) is 0 Å². The molecule has 25 heavy (non-hydrogen) atoms. The molecule has 1 N–H and O–H groups in total. The van der Waals surface area contributed by atoms with Gasteiger partial charge in [0, 0.05) is 22.9 Å². The number of nitrogens with one attached hydrogen (secondary N) is 1. The van der Waals surface area contributed by atoms with Gasteiger partial charge in [0.1, 0.15) is 0 Å². The molecule has 0 unspecified atom stereocenters. The van der Waals surface area contributed by atoms with E-state index in [0.717, 1.165) is 12.8 Å². The van der Waals surface area contributed by atoms with Crippen molar-refractivity contribution >= 4 is 16.9 Å². The Labute approximate surface area is 145 Å². The number of amides is 1. The summed E-state index contributed by atoms with van der Waals surface area (Å²) in [5.41, 5.74) is 2.08. The van der Waals surface area contributed by atoms with Gasteiger partial charge >= 0.3 is 0 Å². The minimum absolute atomic E-state index is 0.00207. The smallest absolute Gasteiger partial charge is 0.287 e. The van der Waals surface area contributed by atoms with E-state index in [1.54, 1.807) is 19.1 Å². The normalized spacial score (nSPS) is 15.8. The summed E-state index contributed by atoms with van der Waals surface area (Å²) in [7, 11) is 0. The lowest BCUT2D eigenvalue weighted by Gasteiger charge is -2.42. The van der Waals surface area contributed by atoms with Crippen LogP contribution in [0.5, 0.6) is 0 Å². The van der Waals surface area contributed by atoms with Gasteiger partial charge in [-0.25, -0.2) is 4.39 Å². The standard InChI is InChI=1S/C21H20FNO2/c1-14-16-9-5-10-17(22)19(16)25-18(14)20(24)23-13-21(11-6-12-21)15-7-3-2-4-8-15/h2-5,7-10H,6,11-13H2,1H3,(H,23,24). The van der Waals surface area contributed by atoms with Crippen molar-refractivity contribution in [3.8, 4) is 0 Å². The molecule has 0 atom stereocenters. The molecule has 0 saturated heterocycles. The van der Waals surface area contributed by atoms with Gasteiger partial charge in [0.25, 0.3) is 5.91 Å². The quantitative estimate of drug-likeness (QED) is 0.748. The molecule has 4 rings (SSSR count). The minimum atomic E-state index is -0.445. The van der Waals surface area contributed by atoms with Crippen LogP contribution in [0.1, 0.15) is 40.9 Å². The van der Waals surface area contributed by atoms with Crippen molar-refractivity contribution in [3.63, 3.8) is 0 Å². The Bertz CT molecular complexity index is 926. The molecule has 4 heteroatoms. The van der Waals surface area contributed by atoms with Crippen LogP contribution in [0, 0.1) is 12.7 Å². The fourth-order valence-electron chi connectivity index (χ4n) is 3.72. The maximum absolute atomic E-state index is 13.9. The molecule has 1 aromatic heterocycles. The maximum Gasteiger partial charge on any atom is 0.287 e. The van der Waals surface area contributed by atoms with Gasteiger partial charge in [0.15, 0.2) is 17.2 Å². The van der Waals surface area contributed by atoms with Crippen molar-refractivity contribution in [2.75, 3.05) is 6.54 Å². The van der Waals surface area contributed by atoms with Crippen LogP contribution in [0.15, 0.2) is 52.9 Å². The Balaban J connectivity index is 1.57. The van der Waals surface area contributed by atoms with Gasteiger partial charge in [-0.2, -0.15) is 0 Å². The largest absolute Gasteiger partial charge is 0.448 e. The number of carbonyl (C=O) groups excluding carboxylic acids is 1. The molecular weight excluding hydrogens is 317 g/mol. The number of fused-ring (bicyclic) bond motifs is 1. The third-order valence-electron chi connectivity index (χ3n) is 5.41. The zero-order chi connectivity index (χ0) is 17.4. The van der Waals surface area contributed by atoms with E-state index < -0.39 is 5.82 Å². The average molecular weight is 337 g/mol. The van der Waals surface area contributed by atoms with Crippen molar-refractivity contribution in [2.45, 2.75) is 31.6 Å². The summed E-state index contributed by atoms with van der Waals surface area (Å²) < 4.78 is 19.4. The van der Waals surface area contributed by atoms with Gasteiger partial charge < -0.3 is 9.73 Å². The van der Waals surface area contributed by atoms with Crippen LogP contribution in [-0.2, 0) is 5.41 Å². The Morgan fingerprint density at radius 2 is 1.92 bits per heavy atom. The highest BCUT2D eigenvalue weighted by molar-refractivity contribution is 5.99. The molecule has 0 spiro atoms. The topological polar surface area (TPSA) is 42.2 Å². The molecule has 0 aliphatic heterocycles. The number of carbonyl (C=O) groups is 1. The molecule has 0 radical (unpaired) electrons. The Hall–Kier alpha value is -2.62. The summed E-state index contributed by atoms with van der Waals surface area (Å²) in [6.07, 6.45) is 3.29. The SMILES string of the molecule is Cc1c(C(=O)NCC2(c3ccccc3)CCC2)oc2c(F)cccc12. The number of para-hydroxylation sites is 1. The van der Waals surface area contributed by atoms with Gasteiger partial charge in [-0.05, 0) is 31.4 Å². The molecule has 1 aliphatic carbocycles. The second-order valence-electron chi connectivity index (χ2n) is 6.86. The Morgan fingerprint density at radius 3 is 2.56 bits per heavy atom. The minimum Gasteiger partial charge on any atom is -0.448 e. The average Bonchev–Trinajstić information content (AvgIpc) is 2.93. The van der Waals surface area contributed by atoms with Crippen LogP contribution < -0.4 is 5.32 Å². The van der Waals surface area contributed by atoms with Gasteiger partial charge in [-0.15, -0.1) is 0 Å². The number of hydrogen-bond acceptors (Lipinski definition) is 2. The van der Waals surface area contributed by atoms with E-state index in [2.05, 4.69) is 17.4 Å². The predicted octanol–water partition coefficient (Wildman–Crippen LogP) is 4.73. The van der Waals surface area contributed by atoms with Crippen LogP contribution in [0.3, 0.4) is 0 Å². The molecule has 1 saturated carbocycles. The van der Waals surface area contributed by atoms with E-state index in [-0.39, 0.29) is 22.7 Å². The second-order valence-corrected chi connectivity index (χ2v) is 6.86. The first-order chi connectivity index (χ1) is 12.1. The zero-order valence-corrected chi connectivity index (χ0v) is 14.1. The lowest BCUT2D eigenvalue weighted by molar-refractivity contribution is 0.0901. The first-order valence-corrected chi connectivity index (χ1v) is 8.62. The van der Waals surface area contributed by atoms with E-state index >= 15 is 0 Å². The first kappa shape index (κ1) is 15.9. The molecule has 3 aromatic rings. The molecule has 1 amide bonds. The molecule has 128 valence electrons. The number of halogens is 1. The van der Waals surface area contributed by atoms with Crippen LogP contribution in [0.2, 0.25) is 0 Å². The first-order valence-electron chi connectivity index (χ1n) is 8.62. The Morgan fingerprint density at radius 1 is 1.16 bits per heavy atom. The van der Waals surface area contributed by atoms with E-state index in [1.165, 1.54) is 18.1 Å². The number of furan rings is 1. The van der Waals surface area contributed by atoms with Crippen molar-refractivity contribution in [1.82, 2.24) is 5.32 Å². The lowest BCUT2D eigenvalue weighted by Crippen LogP contribution is -2.45. The highest BCUT2D eigenvalue weighted by atomic mass is 19.1. The third kappa shape index (κ3) is 2.62. The fourth-order valence-corrected chi connectivity index (χ4v) is 3.72. The van der Waals surface area contributed by atoms with E-state index in [0.29, 0.717) is 17.5 Å². The molecule has 1 heterocycles. The van der Waals surface area contributed by atoms with Gasteiger partial charge in [0.05, 0.1) is 0 Å². The monoisotopic (exact) mass is 337 g/mol. The van der Waals surface area contributed by atoms with Crippen LogP contribution in [0.4, 0.5) is 4.39 Å². The number of rotatable bonds is 4. The molecular formula is C21H20FNO2. The summed E-state index contributed by atoms with van der Waals surface area (Å²) in [5, 5.41) is 3.65. The Kier molecular flexibility index (Phi) is 3.83. The van der Waals surface area contributed by atoms with Gasteiger partial charge in [0.2, 0.25) is 0 Å². The molecule has 1 fully saturated rings. The number of hydrogen-bond donors (Lipinski definition) is 1. The highest BCUT2D eigenvalue weighted by Gasteiger charge is 2.39. The zero-order valence-electron chi connectivity index (χ0n) is 14.1. The summed E-state index contributed by atoms with van der Waals surface area (Å²) in [6.45, 7) is 2.35. The second kappa shape index (κ2) is 6.03. The summed E-state index contributed by atoms with van der Waals surface area (Å²) in [5.74, 6) is -0.530. The van der Waals surface area contributed by atoms with Crippen LogP contribution >= 0.6 is 0 Å². The number of aryl methyl sites for hydroxylation is 1. The van der Waals surface area contributed by atoms with Crippen LogP contribution in [-0.4, -0.2) is 12.5 Å². The van der Waals surface area contributed by atoms with Gasteiger partial charge in [-0.3, -0.25) is 4.79 Å². The van der Waals surface area contributed by atoms with Crippen molar-refractivity contribution < 1.29 is 13.6 Å². The lowest BCUT2D eigenvalue weighted by atomic mass is 9.64. The van der Waals surface area contributed by atoms with E-state index in [1.807, 2.05) is 18.2 Å². The van der Waals surface area contributed by atoms with Crippen molar-refractivity contribution in [3.05, 3.63) is 71.2 Å².